The molecule has 0 spiro atoms. The second-order valence-electron chi connectivity index (χ2n) is 5.25. The monoisotopic (exact) mass is 341 g/mol. The van der Waals surface area contributed by atoms with Crippen LogP contribution in [0.25, 0.3) is 23.0 Å². The molecule has 3 aromatic rings. The quantitative estimate of drug-likeness (QED) is 0.713. The highest BCUT2D eigenvalue weighted by atomic mass is 16.6. The number of hydrogen-bond acceptors (Lipinski definition) is 10. The fraction of sp³-hybridized carbons (Fsp3) is 0.333. The fourth-order valence-electron chi connectivity index (χ4n) is 2.34. The molecule has 0 bridgehead atoms. The molecule has 1 fully saturated rings. The summed E-state index contributed by atoms with van der Waals surface area (Å²) in [4.78, 5) is 20.8. The molecule has 0 aliphatic carbocycles. The summed E-state index contributed by atoms with van der Waals surface area (Å²) in [6.45, 7) is 2.32. The summed E-state index contributed by atoms with van der Waals surface area (Å²) in [5, 5.41) is 7.16. The SMILES string of the molecule is c1cnc(-c2noc(-c3cncnc3NC[C@@H]3COCCO3)n2)cn1. The summed E-state index contributed by atoms with van der Waals surface area (Å²) in [5.74, 6) is 1.23. The number of aromatic nitrogens is 6. The van der Waals surface area contributed by atoms with E-state index in [0.717, 1.165) is 0 Å². The lowest BCUT2D eigenvalue weighted by Crippen LogP contribution is -2.34. The predicted molar refractivity (Wildman–Crippen MR) is 85.4 cm³/mol. The van der Waals surface area contributed by atoms with Crippen LogP contribution < -0.4 is 5.32 Å². The van der Waals surface area contributed by atoms with Gasteiger partial charge in [0.1, 0.15) is 23.4 Å². The summed E-state index contributed by atoms with van der Waals surface area (Å²) >= 11 is 0. The van der Waals surface area contributed by atoms with Crippen LogP contribution in [-0.2, 0) is 9.47 Å². The van der Waals surface area contributed by atoms with Gasteiger partial charge in [-0.3, -0.25) is 4.98 Å². The van der Waals surface area contributed by atoms with Crippen LogP contribution in [-0.4, -0.2) is 62.5 Å². The third-order valence-corrected chi connectivity index (χ3v) is 3.54. The van der Waals surface area contributed by atoms with Gasteiger partial charge in [-0.25, -0.2) is 15.0 Å². The molecule has 0 amide bonds. The summed E-state index contributed by atoms with van der Waals surface area (Å²) in [6, 6.07) is 0. The zero-order chi connectivity index (χ0) is 16.9. The van der Waals surface area contributed by atoms with Crippen LogP contribution in [0, 0.1) is 0 Å². The van der Waals surface area contributed by atoms with Gasteiger partial charge in [0.25, 0.3) is 5.89 Å². The zero-order valence-electron chi connectivity index (χ0n) is 13.2. The second kappa shape index (κ2) is 7.28. The normalized spacial score (nSPS) is 17.4. The molecule has 4 rings (SSSR count). The highest BCUT2D eigenvalue weighted by molar-refractivity contribution is 5.68. The molecule has 1 saturated heterocycles. The Labute approximate surface area is 142 Å². The minimum Gasteiger partial charge on any atom is -0.376 e. The first-order valence-electron chi connectivity index (χ1n) is 7.74. The van der Waals surface area contributed by atoms with E-state index in [2.05, 4.69) is 35.4 Å². The molecule has 10 heteroatoms. The van der Waals surface area contributed by atoms with E-state index in [1.54, 1.807) is 24.8 Å². The Kier molecular flexibility index (Phi) is 4.53. The van der Waals surface area contributed by atoms with E-state index in [1.807, 2.05) is 0 Å². The van der Waals surface area contributed by atoms with Gasteiger partial charge in [0.2, 0.25) is 5.82 Å². The van der Waals surface area contributed by atoms with Gasteiger partial charge < -0.3 is 19.3 Å². The minimum absolute atomic E-state index is 0.0330. The van der Waals surface area contributed by atoms with Gasteiger partial charge in [-0.05, 0) is 0 Å². The van der Waals surface area contributed by atoms with Crippen LogP contribution in [0.1, 0.15) is 0 Å². The predicted octanol–water partition coefficient (Wildman–Crippen LogP) is 0.811. The van der Waals surface area contributed by atoms with E-state index in [9.17, 15) is 0 Å². The van der Waals surface area contributed by atoms with Gasteiger partial charge in [0, 0.05) is 25.1 Å². The van der Waals surface area contributed by atoms with Crippen LogP contribution in [0.3, 0.4) is 0 Å². The number of nitrogens with zero attached hydrogens (tertiary/aromatic N) is 6. The van der Waals surface area contributed by atoms with Crippen LogP contribution in [0.2, 0.25) is 0 Å². The van der Waals surface area contributed by atoms with Crippen molar-refractivity contribution in [3.05, 3.63) is 31.1 Å². The highest BCUT2D eigenvalue weighted by Crippen LogP contribution is 2.25. The molecular formula is C15H15N7O3. The number of ether oxygens (including phenoxy) is 2. The lowest BCUT2D eigenvalue weighted by atomic mass is 10.3. The molecule has 0 radical (unpaired) electrons. The van der Waals surface area contributed by atoms with E-state index < -0.39 is 0 Å². The Morgan fingerprint density at radius 3 is 2.96 bits per heavy atom. The first-order chi connectivity index (χ1) is 12.4. The number of rotatable bonds is 5. The van der Waals surface area contributed by atoms with Crippen molar-refractivity contribution in [3.8, 4) is 23.0 Å². The Hall–Kier alpha value is -2.98. The maximum absolute atomic E-state index is 5.61. The Balaban J connectivity index is 1.53. The van der Waals surface area contributed by atoms with Gasteiger partial charge in [-0.1, -0.05) is 5.16 Å². The van der Waals surface area contributed by atoms with Crippen molar-refractivity contribution in [3.63, 3.8) is 0 Å². The molecule has 128 valence electrons. The summed E-state index contributed by atoms with van der Waals surface area (Å²) in [7, 11) is 0. The van der Waals surface area contributed by atoms with Crippen LogP contribution >= 0.6 is 0 Å². The third kappa shape index (κ3) is 3.59. The Morgan fingerprint density at radius 2 is 2.12 bits per heavy atom. The molecule has 1 N–H and O–H groups in total. The Morgan fingerprint density at radius 1 is 1.12 bits per heavy atom. The van der Waals surface area contributed by atoms with Crippen molar-refractivity contribution >= 4 is 5.82 Å². The first-order valence-corrected chi connectivity index (χ1v) is 7.74. The number of hydrogen-bond donors (Lipinski definition) is 1. The van der Waals surface area contributed by atoms with Crippen molar-refractivity contribution in [1.82, 2.24) is 30.1 Å². The molecule has 3 aromatic heterocycles. The lowest BCUT2D eigenvalue weighted by Gasteiger charge is -2.23. The standard InChI is InChI=1S/C15H15N7O3/c1-2-18-12(7-16-1)14-21-15(25-22-14)11-6-17-9-20-13(11)19-5-10-8-23-3-4-24-10/h1-2,6-7,9-10H,3-5,8H2,(H,17,19,20)/t10-/m1/s1. The van der Waals surface area contributed by atoms with E-state index in [4.69, 9.17) is 14.0 Å². The van der Waals surface area contributed by atoms with Gasteiger partial charge in [0.05, 0.1) is 32.1 Å². The molecule has 0 aromatic carbocycles. The van der Waals surface area contributed by atoms with Gasteiger partial charge in [-0.2, -0.15) is 4.98 Å². The van der Waals surface area contributed by atoms with Gasteiger partial charge in [-0.15, -0.1) is 0 Å². The molecule has 0 unspecified atom stereocenters. The Bertz CT molecular complexity index is 821. The van der Waals surface area contributed by atoms with Gasteiger partial charge in [0.15, 0.2) is 0 Å². The van der Waals surface area contributed by atoms with E-state index in [1.165, 1.54) is 6.33 Å². The molecule has 4 heterocycles. The molecule has 1 aliphatic rings. The van der Waals surface area contributed by atoms with Crippen molar-refractivity contribution in [2.45, 2.75) is 6.10 Å². The molecule has 10 nitrogen and oxygen atoms in total. The van der Waals surface area contributed by atoms with E-state index in [-0.39, 0.29) is 6.10 Å². The smallest absolute Gasteiger partial charge is 0.263 e. The van der Waals surface area contributed by atoms with Crippen molar-refractivity contribution in [2.24, 2.45) is 0 Å². The summed E-state index contributed by atoms with van der Waals surface area (Å²) in [6.07, 6.45) is 7.74. The van der Waals surface area contributed by atoms with E-state index >= 15 is 0 Å². The van der Waals surface area contributed by atoms with Crippen molar-refractivity contribution < 1.29 is 14.0 Å². The van der Waals surface area contributed by atoms with Gasteiger partial charge >= 0.3 is 0 Å². The maximum Gasteiger partial charge on any atom is 0.263 e. The van der Waals surface area contributed by atoms with E-state index in [0.29, 0.717) is 55.2 Å². The topological polar surface area (TPSA) is 121 Å². The lowest BCUT2D eigenvalue weighted by molar-refractivity contribution is -0.0819. The van der Waals surface area contributed by atoms with Crippen molar-refractivity contribution in [2.75, 3.05) is 31.7 Å². The second-order valence-corrected chi connectivity index (χ2v) is 5.25. The largest absolute Gasteiger partial charge is 0.376 e. The molecule has 25 heavy (non-hydrogen) atoms. The fourth-order valence-corrected chi connectivity index (χ4v) is 2.34. The number of anilines is 1. The average molecular weight is 341 g/mol. The molecule has 1 atom stereocenters. The maximum atomic E-state index is 5.61. The van der Waals surface area contributed by atoms with Crippen molar-refractivity contribution in [1.29, 1.82) is 0 Å². The molecule has 0 saturated carbocycles. The molecule has 1 aliphatic heterocycles. The average Bonchev–Trinajstić information content (AvgIpc) is 3.18. The third-order valence-electron chi connectivity index (χ3n) is 3.54. The zero-order valence-corrected chi connectivity index (χ0v) is 13.2. The summed E-state index contributed by atoms with van der Waals surface area (Å²) in [5.41, 5.74) is 1.12. The van der Waals surface area contributed by atoms with Crippen LogP contribution in [0.5, 0.6) is 0 Å². The minimum atomic E-state index is -0.0330. The van der Waals surface area contributed by atoms with Crippen LogP contribution in [0.15, 0.2) is 35.6 Å². The first kappa shape index (κ1) is 15.5. The molecular weight excluding hydrogens is 326 g/mol. The number of nitrogens with one attached hydrogen (secondary N) is 1. The highest BCUT2D eigenvalue weighted by Gasteiger charge is 2.18. The van der Waals surface area contributed by atoms with Crippen LogP contribution in [0.4, 0.5) is 5.82 Å². The summed E-state index contributed by atoms with van der Waals surface area (Å²) < 4.78 is 16.3.